The third kappa shape index (κ3) is 12.7. The summed E-state index contributed by atoms with van der Waals surface area (Å²) in [5, 5.41) is 33.0. The number of aryl methyl sites for hydroxylation is 8. The first kappa shape index (κ1) is 87.1. The summed E-state index contributed by atoms with van der Waals surface area (Å²) >= 11 is 3.79. The third-order valence-corrected chi connectivity index (χ3v) is 44.0. The molecular weight excluding hydrogens is 1890 g/mol. The van der Waals surface area contributed by atoms with Crippen LogP contribution in [0.15, 0.2) is 387 Å². The van der Waals surface area contributed by atoms with Gasteiger partial charge in [0, 0.05) is 109 Å². The van der Waals surface area contributed by atoms with Gasteiger partial charge in [0.1, 0.15) is 44.7 Å². The molecule has 0 spiro atoms. The van der Waals surface area contributed by atoms with E-state index in [2.05, 4.69) is 448 Å². The molecule has 12 aromatic heterocycles. The first-order chi connectivity index (χ1) is 72.2. The summed E-state index contributed by atoms with van der Waals surface area (Å²) in [6, 6.07) is 121. The summed E-state index contributed by atoms with van der Waals surface area (Å²) in [6.45, 7) is 17.7. The van der Waals surface area contributed by atoms with Crippen molar-refractivity contribution >= 4 is 249 Å². The van der Waals surface area contributed by atoms with E-state index in [1.54, 1.807) is 0 Å². The van der Waals surface area contributed by atoms with Crippen molar-refractivity contribution < 1.29 is 13.3 Å². The lowest BCUT2D eigenvalue weighted by atomic mass is 9.97. The SMILES string of the molecule is Cc1ccc2c3c1c1ccccc1c1ncc(n13)CCC2.Cc1ccc2c3c1c1ccccc1c1ncc(n13)CS2.Cc1ccc2c3c1c1ccccc1c1ncc(n13)O[Si]2(C)C.Cc1ccc2c3c1c1ccccc1c1ncc(n13)O[Si]2(c1ccccc1)c1ccccc1.Cc1ccc2c3c1c1ccccc1c1ncc(n13)SC2.Cc1ccc2c3c1c1ccccc1c1ncc(n13)[Si](c1ccccc1)(c1ccccc1)O2. The number of benzene rings is 16. The van der Waals surface area contributed by atoms with E-state index >= 15 is 0 Å². The fourth-order valence-electron chi connectivity index (χ4n) is 25.1. The van der Waals surface area contributed by atoms with E-state index in [0.717, 1.165) is 86.6 Å². The number of pyridine rings is 6. The van der Waals surface area contributed by atoms with E-state index in [-0.39, 0.29) is 0 Å². The zero-order valence-corrected chi connectivity index (χ0v) is 86.9. The molecule has 34 rings (SSSR count). The first-order valence-electron chi connectivity index (χ1n) is 50.6. The van der Waals surface area contributed by atoms with Crippen LogP contribution < -0.4 is 49.7 Å². The fourth-order valence-corrected chi connectivity index (χ4v) is 37.0. The normalized spacial score (nSPS) is 14.4. The molecule has 0 radical (unpaired) electrons. The molecule has 15 nitrogen and oxygen atoms in total. The summed E-state index contributed by atoms with van der Waals surface area (Å²) in [7, 11) is -7.56. The van der Waals surface area contributed by atoms with Crippen LogP contribution in [0.5, 0.6) is 17.5 Å². The van der Waals surface area contributed by atoms with Gasteiger partial charge >= 0.3 is 16.6 Å². The molecule has 28 aromatic rings. The molecule has 0 saturated carbocycles. The van der Waals surface area contributed by atoms with Crippen molar-refractivity contribution in [2.24, 2.45) is 0 Å². The molecule has 0 amide bonds. The lowest BCUT2D eigenvalue weighted by Crippen LogP contribution is -2.73. The zero-order chi connectivity index (χ0) is 98.1. The monoisotopic (exact) mass is 1980 g/mol. The predicted octanol–water partition coefficient (Wildman–Crippen LogP) is 25.9. The Morgan fingerprint density at radius 1 is 0.252 bits per heavy atom. The second-order valence-electron chi connectivity index (χ2n) is 40.3. The highest BCUT2D eigenvalue weighted by molar-refractivity contribution is 7.99. The number of thioether (sulfide) groups is 2. The Morgan fingerprint density at radius 2 is 0.605 bits per heavy atom. The van der Waals surface area contributed by atoms with Crippen molar-refractivity contribution in [2.75, 3.05) is 0 Å². The number of fused-ring (bicyclic) bond motifs is 18. The second-order valence-corrected chi connectivity index (χ2v) is 52.5. The van der Waals surface area contributed by atoms with Crippen molar-refractivity contribution in [3.8, 4) is 17.5 Å². The van der Waals surface area contributed by atoms with E-state index in [9.17, 15) is 0 Å². The Bertz CT molecular complexity index is 10300. The average molecular weight is 1990 g/mol. The summed E-state index contributed by atoms with van der Waals surface area (Å²) in [5.74, 6) is 4.69. The van der Waals surface area contributed by atoms with Crippen LogP contribution in [0.4, 0.5) is 0 Å². The van der Waals surface area contributed by atoms with Gasteiger partial charge in [0.2, 0.25) is 11.8 Å². The van der Waals surface area contributed by atoms with Crippen LogP contribution in [0, 0.1) is 41.5 Å². The van der Waals surface area contributed by atoms with E-state index < -0.39 is 25.0 Å². The van der Waals surface area contributed by atoms with Crippen LogP contribution >= 0.6 is 23.5 Å². The zero-order valence-electron chi connectivity index (χ0n) is 82.2. The Balaban J connectivity index is 0.0000000843. The maximum Gasteiger partial charge on any atom is 0.365 e. The molecule has 6 aliphatic heterocycles. The summed E-state index contributed by atoms with van der Waals surface area (Å²) in [6.07, 6.45) is 15.4. The standard InChI is InChI=1S/2C28H20N2OSi.C19H16N2.C18H16N2OSi.2C17H12N2S/c1-19-16-17-24-27-26(19)22-14-8-9-15-23(22)28-29-18-25(30(27)28)31-32(24,20-10-4-2-5-11-20)21-12-6-3-7-13-21;1-19-16-17-24-27-26(19)22-14-8-9-15-23(22)28-29-18-25(30(27)28)32(31-24,20-10-4-2-5-11-20)21-12-6-3-7-13-21;1-12-9-10-13-5-4-6-14-11-20-19-16-8-3-2-7-15(16)17(12)18(13)21(14)19;1-11-8-9-14-17-16(11)12-6-4-5-7-13(12)18-19-10-15(20(17)18)21-22(14,2)3;1-10-6-7-14-16-15(10)12-4-2-3-5-13(12)17-18-8-11(9-20-14)19(16)17;1-10-6-7-11-9-20-14-8-18-17-13-5-3-2-4-12(13)15(10)16(11)19(14)17/h2*2-18H,1H3;2-3,7-11H,4-6H2,1H3;4-10H,1-3H3;2*2-8H,9H2,1H3. The molecule has 0 saturated heterocycles. The van der Waals surface area contributed by atoms with Gasteiger partial charge in [0.15, 0.2) is 0 Å². The minimum absolute atomic E-state index is 0.827. The van der Waals surface area contributed by atoms with Gasteiger partial charge in [-0.25, -0.2) is 29.9 Å². The Hall–Kier alpha value is -16.5. The molecule has 0 fully saturated rings. The highest BCUT2D eigenvalue weighted by Crippen LogP contribution is 2.48. The molecule has 0 N–H and O–H groups in total. The number of imidazole rings is 6. The largest absolute Gasteiger partial charge is 0.528 e. The highest BCUT2D eigenvalue weighted by atomic mass is 32.2. The second kappa shape index (κ2) is 33.3. The van der Waals surface area contributed by atoms with E-state index in [0.29, 0.717) is 0 Å². The first-order valence-corrected chi connectivity index (χ1v) is 59.3. The smallest absolute Gasteiger partial charge is 0.365 e. The van der Waals surface area contributed by atoms with Gasteiger partial charge in [0.05, 0.1) is 68.9 Å². The van der Waals surface area contributed by atoms with Gasteiger partial charge in [-0.3, -0.25) is 26.4 Å². The van der Waals surface area contributed by atoms with Gasteiger partial charge < -0.3 is 13.3 Å². The van der Waals surface area contributed by atoms with Gasteiger partial charge in [-0.05, 0) is 184 Å². The molecule has 0 unspecified atom stereocenters. The lowest BCUT2D eigenvalue weighted by Gasteiger charge is -2.37. The summed E-state index contributed by atoms with van der Waals surface area (Å²) in [4.78, 5) is 30.0. The van der Waals surface area contributed by atoms with Crippen molar-refractivity contribution in [1.82, 2.24) is 56.3 Å². The van der Waals surface area contributed by atoms with Crippen LogP contribution in [0.25, 0.3) is 164 Å². The minimum Gasteiger partial charge on any atom is -0.528 e. The highest BCUT2D eigenvalue weighted by Gasteiger charge is 2.52. The number of nitrogens with zero attached hydrogens (tertiary/aromatic N) is 12. The molecule has 16 aromatic carbocycles. The van der Waals surface area contributed by atoms with E-state index in [1.807, 2.05) is 48.3 Å². The lowest BCUT2D eigenvalue weighted by molar-refractivity contribution is 0.532. The molecule has 0 atom stereocenters. The molecule has 147 heavy (non-hydrogen) atoms. The van der Waals surface area contributed by atoms with E-state index in [1.165, 1.54) is 228 Å². The Kier molecular flexibility index (Phi) is 19.7. The predicted molar refractivity (Wildman–Crippen MR) is 615 cm³/mol. The van der Waals surface area contributed by atoms with Crippen molar-refractivity contribution in [3.63, 3.8) is 0 Å². The van der Waals surface area contributed by atoms with Crippen LogP contribution in [-0.2, 0) is 24.3 Å². The molecule has 706 valence electrons. The fraction of sp³-hybridized carbons (Fsp3) is 0.102. The molecule has 18 heterocycles. The number of aromatic nitrogens is 12. The van der Waals surface area contributed by atoms with Gasteiger partial charge in [0.25, 0.3) is 8.32 Å². The third-order valence-electron chi connectivity index (χ3n) is 31.6. The Labute approximate surface area is 857 Å². The maximum atomic E-state index is 7.19. The molecule has 20 heteroatoms. The van der Waals surface area contributed by atoms with Gasteiger partial charge in [-0.1, -0.05) is 328 Å². The van der Waals surface area contributed by atoms with Crippen molar-refractivity contribution in [2.45, 2.75) is 95.3 Å². The Morgan fingerprint density at radius 3 is 1.11 bits per heavy atom. The maximum absolute atomic E-state index is 7.19. The van der Waals surface area contributed by atoms with Gasteiger partial charge in [-0.2, -0.15) is 0 Å². The van der Waals surface area contributed by atoms with Crippen LogP contribution in [0.1, 0.15) is 62.3 Å². The number of rotatable bonds is 4. The molecule has 0 aliphatic carbocycles. The summed E-state index contributed by atoms with van der Waals surface area (Å²) in [5.41, 5.74) is 27.4. The van der Waals surface area contributed by atoms with E-state index in [4.69, 9.17) is 28.2 Å². The van der Waals surface area contributed by atoms with Gasteiger partial charge in [-0.15, -0.1) is 23.5 Å². The number of hydrogen-bond acceptors (Lipinski definition) is 11. The number of hydrogen-bond donors (Lipinski definition) is 0. The van der Waals surface area contributed by atoms with Crippen molar-refractivity contribution in [3.05, 3.63) is 433 Å². The quantitative estimate of drug-likeness (QED) is 0.123. The minimum atomic E-state index is -2.81. The molecular formula is C127H96N12O3S2Si3. The average Bonchev–Trinajstić information content (AvgIpc) is 1.62. The molecule has 6 aliphatic rings. The molecule has 0 bridgehead atoms. The van der Waals surface area contributed by atoms with Crippen LogP contribution in [0.2, 0.25) is 13.1 Å². The topological polar surface area (TPSA) is 131 Å². The van der Waals surface area contributed by atoms with Crippen LogP contribution in [-0.4, -0.2) is 81.3 Å². The van der Waals surface area contributed by atoms with Crippen LogP contribution in [0.3, 0.4) is 0 Å². The summed E-state index contributed by atoms with van der Waals surface area (Å²) < 4.78 is 34.6. The van der Waals surface area contributed by atoms with Crippen molar-refractivity contribution in [1.29, 1.82) is 0 Å².